The fourth-order valence-electron chi connectivity index (χ4n) is 5.32. The van der Waals surface area contributed by atoms with E-state index in [4.69, 9.17) is 15.5 Å². The van der Waals surface area contributed by atoms with Gasteiger partial charge in [-0.05, 0) is 55.9 Å². The molecule has 1 unspecified atom stereocenters. The molecule has 4 heterocycles. The number of carbonyl (C=O) groups is 1. The summed E-state index contributed by atoms with van der Waals surface area (Å²) >= 11 is 1.31. The maximum Gasteiger partial charge on any atom is 0.254 e. The average molecular weight is 542 g/mol. The number of aryl methyl sites for hydroxylation is 1. The van der Waals surface area contributed by atoms with Crippen molar-refractivity contribution in [1.82, 2.24) is 19.0 Å². The van der Waals surface area contributed by atoms with Crippen molar-refractivity contribution in [2.45, 2.75) is 42.5 Å². The number of benzene rings is 1. The molecule has 1 amide bonds. The van der Waals surface area contributed by atoms with Crippen molar-refractivity contribution >= 4 is 48.3 Å². The van der Waals surface area contributed by atoms with Gasteiger partial charge in [0, 0.05) is 49.9 Å². The molecule has 0 bridgehead atoms. The number of ether oxygens (including phenoxy) is 1. The molecule has 11 heteroatoms. The second kappa shape index (κ2) is 8.85. The van der Waals surface area contributed by atoms with E-state index in [9.17, 15) is 13.2 Å². The van der Waals surface area contributed by atoms with Gasteiger partial charge in [0.15, 0.2) is 15.7 Å². The Morgan fingerprint density at radius 1 is 1.22 bits per heavy atom. The highest BCUT2D eigenvalue weighted by Gasteiger charge is 2.29. The van der Waals surface area contributed by atoms with Crippen LogP contribution in [0.25, 0.3) is 32.8 Å². The minimum atomic E-state index is -3.28. The quantitative estimate of drug-likeness (QED) is 0.399. The molecule has 1 saturated heterocycles. The number of nitrogens with two attached hydrogens (primary N) is 1. The number of sulfone groups is 1. The lowest BCUT2D eigenvalue weighted by Crippen LogP contribution is -2.45. The number of imidazole rings is 1. The molecule has 1 atom stereocenters. The maximum absolute atomic E-state index is 13.3. The molecule has 1 aromatic carbocycles. The molecule has 9 nitrogen and oxygen atoms in total. The van der Waals surface area contributed by atoms with Crippen molar-refractivity contribution in [2.75, 3.05) is 26.5 Å². The Morgan fingerprint density at radius 3 is 2.68 bits per heavy atom. The van der Waals surface area contributed by atoms with E-state index >= 15 is 0 Å². The number of hydrogen-bond donors (Lipinski definition) is 1. The van der Waals surface area contributed by atoms with E-state index in [0.29, 0.717) is 40.0 Å². The van der Waals surface area contributed by atoms with Crippen LogP contribution in [0.15, 0.2) is 28.5 Å². The molecule has 2 fully saturated rings. The van der Waals surface area contributed by atoms with Crippen LogP contribution >= 0.6 is 11.3 Å². The van der Waals surface area contributed by atoms with Gasteiger partial charge in [-0.1, -0.05) is 0 Å². The van der Waals surface area contributed by atoms with Gasteiger partial charge >= 0.3 is 0 Å². The summed E-state index contributed by atoms with van der Waals surface area (Å²) in [5.41, 5.74) is 9.08. The zero-order valence-corrected chi connectivity index (χ0v) is 22.9. The van der Waals surface area contributed by atoms with Gasteiger partial charge in [-0.15, -0.1) is 11.3 Å². The van der Waals surface area contributed by atoms with Crippen LogP contribution in [0.3, 0.4) is 0 Å². The van der Waals surface area contributed by atoms with Crippen LogP contribution in [0.5, 0.6) is 5.75 Å². The number of methoxy groups -OCH3 is 1. The van der Waals surface area contributed by atoms with Crippen LogP contribution in [0.1, 0.15) is 36.0 Å². The van der Waals surface area contributed by atoms with Gasteiger partial charge < -0.3 is 24.5 Å². The molecule has 0 spiro atoms. The third-order valence-corrected chi connectivity index (χ3v) is 10.4. The fraction of sp³-hybridized carbons (Fsp3) is 0.462. The smallest absolute Gasteiger partial charge is 0.254 e. The first-order valence-corrected chi connectivity index (χ1v) is 15.3. The summed E-state index contributed by atoms with van der Waals surface area (Å²) in [6.45, 7) is 2.07. The number of carbonyl (C=O) groups excluding carboxylic acids is 1. The number of aromatic nitrogens is 3. The predicted octanol–water partition coefficient (Wildman–Crippen LogP) is 3.64. The van der Waals surface area contributed by atoms with Crippen LogP contribution in [-0.4, -0.2) is 65.8 Å². The maximum atomic E-state index is 13.3. The van der Waals surface area contributed by atoms with E-state index in [-0.39, 0.29) is 11.9 Å². The van der Waals surface area contributed by atoms with E-state index in [2.05, 4.69) is 4.57 Å². The highest BCUT2D eigenvalue weighted by atomic mass is 32.2. The van der Waals surface area contributed by atoms with E-state index in [1.807, 2.05) is 28.6 Å². The average Bonchev–Trinajstić information content (AvgIpc) is 3.34. The van der Waals surface area contributed by atoms with Gasteiger partial charge in [-0.2, -0.15) is 0 Å². The van der Waals surface area contributed by atoms with E-state index < -0.39 is 9.84 Å². The zero-order valence-electron chi connectivity index (χ0n) is 21.2. The third kappa shape index (κ3) is 4.32. The van der Waals surface area contributed by atoms with E-state index in [1.54, 1.807) is 19.2 Å². The molecular weight excluding hydrogens is 510 g/mol. The Labute approximate surface area is 219 Å². The molecule has 0 radical (unpaired) electrons. The third-order valence-electron chi connectivity index (χ3n) is 7.42. The number of amides is 1. The SMILES string of the molecule is COc1cc(C(=O)N2CCCC(N)C2)cc2nc(-c3cc4cc(S(C)(=O)=O)sc4n3CC3CC3)n(C)c12. The summed E-state index contributed by atoms with van der Waals surface area (Å²) < 4.78 is 34.7. The molecule has 1 saturated carbocycles. The number of piperidine rings is 1. The Morgan fingerprint density at radius 2 is 2.00 bits per heavy atom. The molecule has 1 aliphatic heterocycles. The molecular formula is C26H31N5O4S2. The summed E-state index contributed by atoms with van der Waals surface area (Å²) in [6.07, 6.45) is 5.42. The van der Waals surface area contributed by atoms with Gasteiger partial charge in [-0.25, -0.2) is 13.4 Å². The minimum Gasteiger partial charge on any atom is -0.494 e. The van der Waals surface area contributed by atoms with Gasteiger partial charge in [0.1, 0.15) is 20.3 Å². The lowest BCUT2D eigenvalue weighted by Gasteiger charge is -2.30. The van der Waals surface area contributed by atoms with Crippen LogP contribution in [-0.2, 0) is 23.4 Å². The Hall–Kier alpha value is -2.89. The first kappa shape index (κ1) is 24.4. The summed E-state index contributed by atoms with van der Waals surface area (Å²) in [5, 5.41) is 0.900. The van der Waals surface area contributed by atoms with Crippen LogP contribution in [0.4, 0.5) is 0 Å². The molecule has 196 valence electrons. The first-order valence-electron chi connectivity index (χ1n) is 12.6. The Kier molecular flexibility index (Phi) is 5.85. The van der Waals surface area contributed by atoms with Crippen molar-refractivity contribution < 1.29 is 17.9 Å². The number of rotatable bonds is 6. The number of hydrogen-bond acceptors (Lipinski definition) is 7. The number of thiophene rings is 1. The van der Waals surface area contributed by atoms with Crippen LogP contribution < -0.4 is 10.5 Å². The zero-order chi connectivity index (χ0) is 26.1. The second-order valence-electron chi connectivity index (χ2n) is 10.4. The highest BCUT2D eigenvalue weighted by molar-refractivity contribution is 7.92. The van der Waals surface area contributed by atoms with Crippen LogP contribution in [0, 0.1) is 5.92 Å². The molecule has 6 rings (SSSR count). The lowest BCUT2D eigenvalue weighted by molar-refractivity contribution is 0.0708. The standard InChI is InChI=1S/C26H31N5O4S2/c1-29-23-19(9-16(11-21(23)35-2)25(32)30-8-4-5-18(27)14-30)28-24(29)20-10-17-12-22(37(3,33)34)36-26(17)31(20)13-15-6-7-15/h9-12,15,18H,4-8,13-14,27H2,1-3H3. The summed E-state index contributed by atoms with van der Waals surface area (Å²) in [7, 11) is 0.268. The van der Waals surface area contributed by atoms with Crippen molar-refractivity contribution in [3.05, 3.63) is 29.8 Å². The van der Waals surface area contributed by atoms with Crippen molar-refractivity contribution in [3.8, 4) is 17.3 Å². The topological polar surface area (TPSA) is 112 Å². The monoisotopic (exact) mass is 541 g/mol. The van der Waals surface area contributed by atoms with Gasteiger partial charge in [0.2, 0.25) is 0 Å². The summed E-state index contributed by atoms with van der Waals surface area (Å²) in [4.78, 5) is 21.1. The molecule has 2 aliphatic rings. The van der Waals surface area contributed by atoms with Gasteiger partial charge in [0.25, 0.3) is 5.91 Å². The normalized spacial score (nSPS) is 18.7. The Balaban J connectivity index is 1.47. The Bertz CT molecular complexity index is 1640. The van der Waals surface area contributed by atoms with E-state index in [1.165, 1.54) is 30.4 Å². The molecule has 1 aliphatic carbocycles. The lowest BCUT2D eigenvalue weighted by atomic mass is 10.0. The minimum absolute atomic E-state index is 0.00103. The highest BCUT2D eigenvalue weighted by Crippen LogP contribution is 2.41. The van der Waals surface area contributed by atoms with Gasteiger partial charge in [-0.3, -0.25) is 4.79 Å². The van der Waals surface area contributed by atoms with Crippen molar-refractivity contribution in [2.24, 2.45) is 18.7 Å². The molecule has 37 heavy (non-hydrogen) atoms. The summed E-state index contributed by atoms with van der Waals surface area (Å²) in [5.74, 6) is 1.86. The predicted molar refractivity (Wildman–Crippen MR) is 145 cm³/mol. The first-order chi connectivity index (χ1) is 17.6. The molecule has 3 aromatic heterocycles. The van der Waals surface area contributed by atoms with Gasteiger partial charge in [0.05, 0.1) is 18.3 Å². The number of likely N-dealkylation sites (tertiary alicyclic amines) is 1. The second-order valence-corrected chi connectivity index (χ2v) is 13.6. The molecule has 2 N–H and O–H groups in total. The van der Waals surface area contributed by atoms with Crippen molar-refractivity contribution in [1.29, 1.82) is 0 Å². The van der Waals surface area contributed by atoms with E-state index in [0.717, 1.165) is 46.6 Å². The van der Waals surface area contributed by atoms with Crippen LogP contribution in [0.2, 0.25) is 0 Å². The summed E-state index contributed by atoms with van der Waals surface area (Å²) in [6, 6.07) is 7.41. The number of fused-ring (bicyclic) bond motifs is 2. The number of nitrogens with zero attached hydrogens (tertiary/aromatic N) is 4. The fourth-order valence-corrected chi connectivity index (χ4v) is 7.40. The largest absolute Gasteiger partial charge is 0.494 e. The van der Waals surface area contributed by atoms with Crippen molar-refractivity contribution in [3.63, 3.8) is 0 Å². The molecule has 4 aromatic rings.